The number of aryl methyl sites for hydroxylation is 2. The average molecular weight is 451 g/mol. The van der Waals surface area contributed by atoms with Crippen molar-refractivity contribution < 1.29 is 24.2 Å². The van der Waals surface area contributed by atoms with E-state index in [1.807, 2.05) is 30.3 Å². The van der Waals surface area contributed by atoms with Gasteiger partial charge in [-0.3, -0.25) is 9.69 Å². The number of nitrogens with one attached hydrogen (secondary N) is 1. The lowest BCUT2D eigenvalue weighted by Gasteiger charge is -2.24. The molecule has 0 saturated carbocycles. The van der Waals surface area contributed by atoms with Crippen LogP contribution in [-0.4, -0.2) is 48.3 Å². The molecule has 1 aliphatic heterocycles. The Bertz CT molecular complexity index is 1080. The van der Waals surface area contributed by atoms with Crippen molar-refractivity contribution in [3.63, 3.8) is 0 Å². The van der Waals surface area contributed by atoms with Crippen LogP contribution in [0.2, 0.25) is 0 Å². The lowest BCUT2D eigenvalue weighted by Crippen LogP contribution is -2.42. The third kappa shape index (κ3) is 4.46. The van der Waals surface area contributed by atoms with Crippen molar-refractivity contribution in [2.45, 2.75) is 44.2 Å². The summed E-state index contributed by atoms with van der Waals surface area (Å²) in [6.07, 6.45) is 4.59. The number of nitrogens with zero attached hydrogens (tertiary/aromatic N) is 1. The normalized spacial score (nSPS) is 20.4. The number of aliphatic hydroxyl groups is 1. The molecule has 2 aliphatic rings. The van der Waals surface area contributed by atoms with Gasteiger partial charge in [0, 0.05) is 0 Å². The Hall–Kier alpha value is -3.32. The van der Waals surface area contributed by atoms with Crippen LogP contribution in [0, 0.1) is 0 Å². The van der Waals surface area contributed by atoms with Crippen LogP contribution >= 0.6 is 0 Å². The molecule has 2 atom stereocenters. The summed E-state index contributed by atoms with van der Waals surface area (Å²) in [6.45, 7) is 5.18. The number of amides is 3. The first-order chi connectivity index (χ1) is 15.9. The third-order valence-electron chi connectivity index (χ3n) is 6.38. The fourth-order valence-electron chi connectivity index (χ4n) is 4.52. The monoisotopic (exact) mass is 450 g/mol. The molecule has 0 unspecified atom stereocenters. The lowest BCUT2D eigenvalue weighted by molar-refractivity contribution is -0.132. The molecule has 1 fully saturated rings. The minimum absolute atomic E-state index is 0.0935. The summed E-state index contributed by atoms with van der Waals surface area (Å²) < 4.78 is 11.1. The van der Waals surface area contributed by atoms with Gasteiger partial charge in [0.15, 0.2) is 11.5 Å². The molecule has 33 heavy (non-hydrogen) atoms. The molecule has 7 heteroatoms. The molecule has 2 aromatic rings. The van der Waals surface area contributed by atoms with Crippen molar-refractivity contribution in [3.8, 4) is 11.5 Å². The number of benzene rings is 2. The van der Waals surface area contributed by atoms with Gasteiger partial charge in [0.05, 0.1) is 13.7 Å². The number of methoxy groups -OCH3 is 1. The van der Waals surface area contributed by atoms with Gasteiger partial charge in [-0.1, -0.05) is 30.3 Å². The number of rotatable bonds is 9. The molecule has 0 radical (unpaired) electrons. The first-order valence-electron chi connectivity index (χ1n) is 11.2. The third-order valence-corrected chi connectivity index (χ3v) is 6.38. The average Bonchev–Trinajstić information content (AvgIpc) is 3.36. The number of imide groups is 1. The van der Waals surface area contributed by atoms with Gasteiger partial charge in [0.25, 0.3) is 5.91 Å². The number of carbonyl (C=O) groups is 2. The van der Waals surface area contributed by atoms with Crippen LogP contribution in [0.25, 0.3) is 0 Å². The van der Waals surface area contributed by atoms with E-state index in [1.54, 1.807) is 26.2 Å². The van der Waals surface area contributed by atoms with Gasteiger partial charge in [-0.25, -0.2) is 4.79 Å². The van der Waals surface area contributed by atoms with Gasteiger partial charge >= 0.3 is 6.03 Å². The van der Waals surface area contributed by atoms with Crippen LogP contribution in [0.4, 0.5) is 4.79 Å². The highest BCUT2D eigenvalue weighted by molar-refractivity contribution is 6.07. The SMILES string of the molecule is C=CCc1ccc(OC[C@@H](O)CN2C(=O)N[C@](C)(c3ccc4c(c3)CCC4)C2=O)c(OC)c1. The Labute approximate surface area is 194 Å². The Morgan fingerprint density at radius 1 is 1.18 bits per heavy atom. The highest BCUT2D eigenvalue weighted by Gasteiger charge is 2.49. The maximum atomic E-state index is 13.2. The number of hydrogen-bond donors (Lipinski definition) is 2. The Kier molecular flexibility index (Phi) is 6.42. The number of carbonyl (C=O) groups excluding carboxylic acids is 2. The van der Waals surface area contributed by atoms with Gasteiger partial charge in [0.1, 0.15) is 18.2 Å². The van der Waals surface area contributed by atoms with Gasteiger partial charge in [-0.15, -0.1) is 6.58 Å². The Morgan fingerprint density at radius 2 is 1.97 bits per heavy atom. The number of urea groups is 1. The second kappa shape index (κ2) is 9.27. The fraction of sp³-hybridized carbons (Fsp3) is 0.385. The summed E-state index contributed by atoms with van der Waals surface area (Å²) in [7, 11) is 1.54. The van der Waals surface area contributed by atoms with Crippen LogP contribution in [-0.2, 0) is 29.6 Å². The van der Waals surface area contributed by atoms with Gasteiger partial charge in [-0.05, 0) is 67.0 Å². The zero-order valence-electron chi connectivity index (χ0n) is 19.1. The van der Waals surface area contributed by atoms with E-state index < -0.39 is 17.7 Å². The molecule has 3 amide bonds. The second-order valence-corrected chi connectivity index (χ2v) is 8.75. The van der Waals surface area contributed by atoms with E-state index >= 15 is 0 Å². The molecule has 4 rings (SSSR count). The highest BCUT2D eigenvalue weighted by atomic mass is 16.5. The maximum absolute atomic E-state index is 13.2. The van der Waals surface area contributed by atoms with Crippen molar-refractivity contribution in [1.82, 2.24) is 10.2 Å². The van der Waals surface area contributed by atoms with Crippen molar-refractivity contribution in [2.75, 3.05) is 20.3 Å². The summed E-state index contributed by atoms with van der Waals surface area (Å²) in [5.74, 6) is 0.640. The minimum Gasteiger partial charge on any atom is -0.493 e. The van der Waals surface area contributed by atoms with Gasteiger partial charge in [-0.2, -0.15) is 0 Å². The van der Waals surface area contributed by atoms with E-state index in [1.165, 1.54) is 11.1 Å². The lowest BCUT2D eigenvalue weighted by atomic mass is 9.89. The van der Waals surface area contributed by atoms with E-state index in [9.17, 15) is 14.7 Å². The highest BCUT2D eigenvalue weighted by Crippen LogP contribution is 2.33. The number of allylic oxidation sites excluding steroid dienone is 1. The second-order valence-electron chi connectivity index (χ2n) is 8.75. The van der Waals surface area contributed by atoms with Crippen molar-refractivity contribution >= 4 is 11.9 Å². The molecule has 7 nitrogen and oxygen atoms in total. The molecule has 1 saturated heterocycles. The molecule has 2 N–H and O–H groups in total. The quantitative estimate of drug-likeness (QED) is 0.453. The molecule has 1 aliphatic carbocycles. The number of ether oxygens (including phenoxy) is 2. The van der Waals surface area contributed by atoms with Gasteiger partial charge in [0.2, 0.25) is 0 Å². The minimum atomic E-state index is -1.15. The number of β-amino-alcohol motifs (C(OH)–C–C–N with tert-alkyl or cyclic N) is 1. The van der Waals surface area contributed by atoms with Crippen LogP contribution in [0.15, 0.2) is 49.1 Å². The van der Waals surface area contributed by atoms with Gasteiger partial charge < -0.3 is 19.9 Å². The first-order valence-corrected chi connectivity index (χ1v) is 11.2. The number of fused-ring (bicyclic) bond motifs is 1. The largest absolute Gasteiger partial charge is 0.493 e. The molecule has 1 heterocycles. The predicted octanol–water partition coefficient (Wildman–Crippen LogP) is 3.12. The summed E-state index contributed by atoms with van der Waals surface area (Å²) in [5, 5.41) is 13.3. The maximum Gasteiger partial charge on any atom is 0.325 e. The van der Waals surface area contributed by atoms with Crippen LogP contribution in [0.5, 0.6) is 11.5 Å². The van der Waals surface area contributed by atoms with E-state index in [0.29, 0.717) is 17.9 Å². The number of aliphatic hydroxyl groups excluding tert-OH is 1. The molecule has 2 aromatic carbocycles. The van der Waals surface area contributed by atoms with E-state index in [0.717, 1.165) is 35.3 Å². The van der Waals surface area contributed by atoms with E-state index in [-0.39, 0.29) is 19.1 Å². The Balaban J connectivity index is 1.41. The molecule has 0 aromatic heterocycles. The molecule has 174 valence electrons. The fourth-order valence-corrected chi connectivity index (χ4v) is 4.52. The summed E-state index contributed by atoms with van der Waals surface area (Å²) in [4.78, 5) is 26.9. The zero-order chi connectivity index (χ0) is 23.6. The molecular weight excluding hydrogens is 420 g/mol. The van der Waals surface area contributed by atoms with Crippen LogP contribution < -0.4 is 14.8 Å². The number of hydrogen-bond acceptors (Lipinski definition) is 5. The van der Waals surface area contributed by atoms with Crippen molar-refractivity contribution in [2.24, 2.45) is 0 Å². The summed E-state index contributed by atoms with van der Waals surface area (Å²) in [5.41, 5.74) is 3.17. The molecule has 0 spiro atoms. The van der Waals surface area contributed by atoms with Crippen molar-refractivity contribution in [1.29, 1.82) is 0 Å². The van der Waals surface area contributed by atoms with E-state index in [2.05, 4.69) is 11.9 Å². The van der Waals surface area contributed by atoms with Crippen LogP contribution in [0.1, 0.15) is 35.6 Å². The summed E-state index contributed by atoms with van der Waals surface area (Å²) >= 11 is 0. The first kappa shape index (κ1) is 22.9. The predicted molar refractivity (Wildman–Crippen MR) is 124 cm³/mol. The summed E-state index contributed by atoms with van der Waals surface area (Å²) in [6, 6.07) is 11.0. The molecule has 0 bridgehead atoms. The zero-order valence-corrected chi connectivity index (χ0v) is 19.1. The smallest absolute Gasteiger partial charge is 0.325 e. The Morgan fingerprint density at radius 3 is 2.73 bits per heavy atom. The van der Waals surface area contributed by atoms with E-state index in [4.69, 9.17) is 9.47 Å². The topological polar surface area (TPSA) is 88.1 Å². The van der Waals surface area contributed by atoms with Crippen molar-refractivity contribution in [3.05, 3.63) is 71.3 Å². The molecular formula is C26H30N2O5. The van der Waals surface area contributed by atoms with Crippen LogP contribution in [0.3, 0.4) is 0 Å². The standard InChI is InChI=1S/C26H30N2O5/c1-4-6-17-9-12-22(23(13-17)32-3)33-16-21(29)15-28-24(30)26(2,27-25(28)31)20-11-10-18-7-5-8-19(18)14-20/h4,9-14,21,29H,1,5-8,15-16H2,2-3H3,(H,27,31)/t21-,26+/m0/s1.